The number of carbonyl (C=O) groups excluding carboxylic acids is 1. The predicted molar refractivity (Wildman–Crippen MR) is 156 cm³/mol. The van der Waals surface area contributed by atoms with Crippen molar-refractivity contribution in [2.75, 3.05) is 49.5 Å². The summed E-state index contributed by atoms with van der Waals surface area (Å²) in [7, 11) is 1.55. The molecule has 12 nitrogen and oxygen atoms in total. The number of phenolic OH excluding ortho intramolecular Hbond substituents is 1. The number of benzene rings is 2. The van der Waals surface area contributed by atoms with E-state index in [9.17, 15) is 14.7 Å². The molecule has 212 valence electrons. The molecule has 41 heavy (non-hydrogen) atoms. The number of piperazine rings is 1. The van der Waals surface area contributed by atoms with Gasteiger partial charge in [-0.2, -0.15) is 4.98 Å². The highest BCUT2D eigenvalue weighted by molar-refractivity contribution is 6.32. The number of hydrogen-bond donors (Lipinski definition) is 3. The van der Waals surface area contributed by atoms with Crippen molar-refractivity contribution >= 4 is 45.9 Å². The van der Waals surface area contributed by atoms with Crippen LogP contribution in [0.15, 0.2) is 53.5 Å². The van der Waals surface area contributed by atoms with Crippen molar-refractivity contribution in [1.29, 1.82) is 5.41 Å². The van der Waals surface area contributed by atoms with Gasteiger partial charge in [-0.3, -0.25) is 19.7 Å². The maximum atomic E-state index is 13.2. The average molecular weight is 576 g/mol. The summed E-state index contributed by atoms with van der Waals surface area (Å²) in [5.41, 5.74) is 1.46. The molecule has 0 unspecified atom stereocenters. The Morgan fingerprint density at radius 1 is 1.10 bits per heavy atom. The van der Waals surface area contributed by atoms with E-state index < -0.39 is 5.69 Å². The smallest absolute Gasteiger partial charge is 0.335 e. The third-order valence-electron chi connectivity index (χ3n) is 7.86. The lowest BCUT2D eigenvalue weighted by Crippen LogP contribution is -2.63. The molecular formula is C28H30ClN9O3. The summed E-state index contributed by atoms with van der Waals surface area (Å²) in [6.07, 6.45) is 1.47. The highest BCUT2D eigenvalue weighted by Crippen LogP contribution is 2.28. The standard InChI is InChI=1S/C28H30ClN9O3/c1-17(39)37-15-20(16-37)36-12-10-35(11-13-36)19-8-6-18(7-9-19)32-27-31-14-21-25(30)38(28(41)34(2)26(21)33-27)24-22(29)4-3-5-23(24)40/h3-9,14,20,30,40H,10-13,15-16H2,1-2H3,(H,31,32,33). The molecule has 0 radical (unpaired) electrons. The van der Waals surface area contributed by atoms with Gasteiger partial charge in [0.1, 0.15) is 16.9 Å². The second-order valence-corrected chi connectivity index (χ2v) is 10.7. The van der Waals surface area contributed by atoms with Crippen LogP contribution in [0.25, 0.3) is 16.7 Å². The summed E-state index contributed by atoms with van der Waals surface area (Å²) in [5, 5.41) is 22.6. The van der Waals surface area contributed by atoms with Crippen LogP contribution in [0.5, 0.6) is 5.75 Å². The zero-order valence-electron chi connectivity index (χ0n) is 22.7. The molecule has 2 aromatic carbocycles. The lowest BCUT2D eigenvalue weighted by Gasteiger charge is -2.48. The van der Waals surface area contributed by atoms with Gasteiger partial charge in [0.25, 0.3) is 0 Å². The molecule has 4 heterocycles. The van der Waals surface area contributed by atoms with Crippen LogP contribution in [0.3, 0.4) is 0 Å². The summed E-state index contributed by atoms with van der Waals surface area (Å²) >= 11 is 6.26. The van der Waals surface area contributed by atoms with Gasteiger partial charge in [-0.25, -0.2) is 14.3 Å². The van der Waals surface area contributed by atoms with Gasteiger partial charge in [-0.05, 0) is 36.4 Å². The Hall–Kier alpha value is -4.42. The highest BCUT2D eigenvalue weighted by Gasteiger charge is 2.34. The molecule has 4 aromatic rings. The van der Waals surface area contributed by atoms with E-state index in [-0.39, 0.29) is 39.4 Å². The molecule has 6 rings (SSSR count). The number of para-hydroxylation sites is 1. The molecule has 2 aliphatic rings. The third-order valence-corrected chi connectivity index (χ3v) is 8.16. The third kappa shape index (κ3) is 4.89. The van der Waals surface area contributed by atoms with Gasteiger partial charge in [0.05, 0.1) is 10.4 Å². The molecule has 0 bridgehead atoms. The fourth-order valence-corrected chi connectivity index (χ4v) is 5.67. The number of nitrogens with zero attached hydrogens (tertiary/aromatic N) is 7. The number of aromatic nitrogens is 4. The molecule has 2 aromatic heterocycles. The fourth-order valence-electron chi connectivity index (χ4n) is 5.42. The maximum absolute atomic E-state index is 13.2. The summed E-state index contributed by atoms with van der Waals surface area (Å²) in [6, 6.07) is 13.0. The Kier molecular flexibility index (Phi) is 6.88. The van der Waals surface area contributed by atoms with E-state index in [1.54, 1.807) is 26.1 Å². The Bertz CT molecular complexity index is 1730. The SMILES string of the molecule is CC(=O)N1CC(N2CCN(c3ccc(Nc4ncc5c(=N)n(-c6c(O)cccc6Cl)c(=O)n(C)c5n4)cc3)CC2)C1. The first kappa shape index (κ1) is 26.8. The average Bonchev–Trinajstić information content (AvgIpc) is 2.93. The Balaban J connectivity index is 1.17. The largest absolute Gasteiger partial charge is 0.506 e. The quantitative estimate of drug-likeness (QED) is 0.329. The molecule has 2 aliphatic heterocycles. The minimum Gasteiger partial charge on any atom is -0.506 e. The Morgan fingerprint density at radius 2 is 1.80 bits per heavy atom. The van der Waals surface area contributed by atoms with Crippen LogP contribution in [0, 0.1) is 5.41 Å². The van der Waals surface area contributed by atoms with E-state index in [4.69, 9.17) is 17.0 Å². The second kappa shape index (κ2) is 10.5. The first-order valence-corrected chi connectivity index (χ1v) is 13.7. The van der Waals surface area contributed by atoms with Crippen molar-refractivity contribution in [3.63, 3.8) is 0 Å². The molecule has 0 spiro atoms. The first-order valence-electron chi connectivity index (χ1n) is 13.3. The Labute approximate surface area is 240 Å². The van der Waals surface area contributed by atoms with Crippen LogP contribution >= 0.6 is 11.6 Å². The van der Waals surface area contributed by atoms with Gasteiger partial charge in [0, 0.05) is 76.9 Å². The number of hydrogen-bond acceptors (Lipinski definition) is 9. The number of fused-ring (bicyclic) bond motifs is 1. The second-order valence-electron chi connectivity index (χ2n) is 10.3. The molecule has 13 heteroatoms. The molecule has 0 atom stereocenters. The molecule has 2 fully saturated rings. The normalized spacial score (nSPS) is 16.2. The number of aryl methyl sites for hydroxylation is 1. The molecule has 0 saturated carbocycles. The summed E-state index contributed by atoms with van der Waals surface area (Å²) < 4.78 is 2.34. The summed E-state index contributed by atoms with van der Waals surface area (Å²) in [4.78, 5) is 40.3. The number of anilines is 3. The zero-order valence-corrected chi connectivity index (χ0v) is 23.5. The van der Waals surface area contributed by atoms with E-state index in [2.05, 4.69) is 37.2 Å². The molecule has 0 aliphatic carbocycles. The van der Waals surface area contributed by atoms with Crippen LogP contribution in [-0.2, 0) is 11.8 Å². The van der Waals surface area contributed by atoms with Crippen LogP contribution in [0.1, 0.15) is 6.92 Å². The Morgan fingerprint density at radius 3 is 2.46 bits per heavy atom. The van der Waals surface area contributed by atoms with Crippen molar-refractivity contribution < 1.29 is 9.90 Å². The number of phenols is 1. The number of carbonyl (C=O) groups is 1. The number of nitrogens with one attached hydrogen (secondary N) is 2. The zero-order chi connectivity index (χ0) is 28.8. The van der Waals surface area contributed by atoms with Gasteiger partial charge in [0.15, 0.2) is 5.65 Å². The van der Waals surface area contributed by atoms with E-state index in [0.717, 1.165) is 55.2 Å². The van der Waals surface area contributed by atoms with Crippen molar-refractivity contribution in [2.45, 2.75) is 13.0 Å². The lowest BCUT2D eigenvalue weighted by molar-refractivity contribution is -0.136. The number of amides is 1. The van der Waals surface area contributed by atoms with Gasteiger partial charge in [0.2, 0.25) is 11.9 Å². The van der Waals surface area contributed by atoms with Gasteiger partial charge < -0.3 is 20.2 Å². The van der Waals surface area contributed by atoms with Crippen molar-refractivity contribution in [3.05, 3.63) is 69.7 Å². The van der Waals surface area contributed by atoms with E-state index >= 15 is 0 Å². The summed E-state index contributed by atoms with van der Waals surface area (Å²) in [5.74, 6) is 0.221. The molecule has 3 N–H and O–H groups in total. The molecular weight excluding hydrogens is 546 g/mol. The molecule has 1 amide bonds. The first-order chi connectivity index (χ1) is 19.7. The number of halogens is 1. The monoisotopic (exact) mass is 575 g/mol. The van der Waals surface area contributed by atoms with E-state index in [1.807, 2.05) is 17.0 Å². The highest BCUT2D eigenvalue weighted by atomic mass is 35.5. The van der Waals surface area contributed by atoms with Crippen molar-refractivity contribution in [1.82, 2.24) is 28.9 Å². The van der Waals surface area contributed by atoms with Crippen molar-refractivity contribution in [2.24, 2.45) is 7.05 Å². The number of aromatic hydroxyl groups is 1. The van der Waals surface area contributed by atoms with E-state index in [1.165, 1.54) is 16.8 Å². The minimum atomic E-state index is -0.575. The van der Waals surface area contributed by atoms with Gasteiger partial charge in [-0.1, -0.05) is 17.7 Å². The van der Waals surface area contributed by atoms with Gasteiger partial charge >= 0.3 is 5.69 Å². The topological polar surface area (TPSA) is 136 Å². The summed E-state index contributed by atoms with van der Waals surface area (Å²) in [6.45, 7) is 7.06. The van der Waals surface area contributed by atoms with Gasteiger partial charge in [-0.15, -0.1) is 0 Å². The maximum Gasteiger partial charge on any atom is 0.335 e. The minimum absolute atomic E-state index is 0.0352. The van der Waals surface area contributed by atoms with Crippen LogP contribution in [-0.4, -0.2) is 85.2 Å². The fraction of sp³-hybridized carbons (Fsp3) is 0.321. The van der Waals surface area contributed by atoms with Crippen LogP contribution in [0.2, 0.25) is 5.02 Å². The van der Waals surface area contributed by atoms with Crippen LogP contribution < -0.4 is 21.4 Å². The van der Waals surface area contributed by atoms with Crippen molar-refractivity contribution in [3.8, 4) is 11.4 Å². The lowest BCUT2D eigenvalue weighted by atomic mass is 10.1. The predicted octanol–water partition coefficient (Wildman–Crippen LogP) is 2.05. The van der Waals surface area contributed by atoms with Crippen LogP contribution in [0.4, 0.5) is 17.3 Å². The molecule has 2 saturated heterocycles. The number of likely N-dealkylation sites (tertiary alicyclic amines) is 1. The van der Waals surface area contributed by atoms with E-state index in [0.29, 0.717) is 11.4 Å². The number of rotatable bonds is 5.